The lowest BCUT2D eigenvalue weighted by Gasteiger charge is -2.21. The van der Waals surface area contributed by atoms with E-state index >= 15 is 0 Å². The topological polar surface area (TPSA) is 50.7 Å². The van der Waals surface area contributed by atoms with Crippen LogP contribution in [0.25, 0.3) is 0 Å². The van der Waals surface area contributed by atoms with Crippen LogP contribution in [0.3, 0.4) is 0 Å². The second kappa shape index (κ2) is 6.26. The molecule has 0 fully saturated rings. The molecule has 4 nitrogen and oxygen atoms in total. The van der Waals surface area contributed by atoms with Crippen molar-refractivity contribution in [1.82, 2.24) is 5.32 Å². The summed E-state index contributed by atoms with van der Waals surface area (Å²) >= 11 is 0. The third kappa shape index (κ3) is 3.85. The largest absolute Gasteiger partial charge is 0.454 e. The van der Waals surface area contributed by atoms with Crippen molar-refractivity contribution in [3.05, 3.63) is 23.8 Å². The summed E-state index contributed by atoms with van der Waals surface area (Å²) in [6.45, 7) is 6.45. The highest BCUT2D eigenvalue weighted by molar-refractivity contribution is 5.48. The predicted octanol–water partition coefficient (Wildman–Crippen LogP) is 2.30. The first-order valence-corrected chi connectivity index (χ1v) is 6.81. The maximum absolute atomic E-state index is 9.18. The van der Waals surface area contributed by atoms with Gasteiger partial charge in [-0.05, 0) is 30.9 Å². The van der Waals surface area contributed by atoms with Crippen molar-refractivity contribution in [2.75, 3.05) is 19.9 Å². The smallest absolute Gasteiger partial charge is 0.231 e. The molecule has 1 aliphatic rings. The predicted molar refractivity (Wildman–Crippen MR) is 74.4 cm³/mol. The lowest BCUT2D eigenvalue weighted by atomic mass is 9.89. The van der Waals surface area contributed by atoms with Crippen molar-refractivity contribution in [3.63, 3.8) is 0 Å². The Kier molecular flexibility index (Phi) is 4.66. The molecule has 1 heterocycles. The summed E-state index contributed by atoms with van der Waals surface area (Å²) in [6, 6.07) is 5.97. The average Bonchev–Trinajstić information content (AvgIpc) is 2.87. The Hall–Kier alpha value is -1.26. The van der Waals surface area contributed by atoms with Gasteiger partial charge in [-0.3, -0.25) is 0 Å². The van der Waals surface area contributed by atoms with E-state index in [0.29, 0.717) is 6.79 Å². The van der Waals surface area contributed by atoms with E-state index in [0.717, 1.165) is 43.0 Å². The molecule has 0 bridgehead atoms. The van der Waals surface area contributed by atoms with Crippen LogP contribution in [0.1, 0.15) is 32.3 Å². The lowest BCUT2D eigenvalue weighted by Crippen LogP contribution is -2.21. The number of rotatable bonds is 7. The first kappa shape index (κ1) is 14.2. The minimum absolute atomic E-state index is 0.0205. The van der Waals surface area contributed by atoms with Crippen LogP contribution >= 0.6 is 0 Å². The Balaban J connectivity index is 1.74. The minimum atomic E-state index is 0.0205. The van der Waals surface area contributed by atoms with Gasteiger partial charge in [0.25, 0.3) is 0 Å². The fraction of sp³-hybridized carbons (Fsp3) is 0.600. The highest BCUT2D eigenvalue weighted by Crippen LogP contribution is 2.35. The molecule has 0 radical (unpaired) electrons. The lowest BCUT2D eigenvalue weighted by molar-refractivity contribution is 0.148. The molecule has 0 saturated heterocycles. The maximum Gasteiger partial charge on any atom is 0.231 e. The van der Waals surface area contributed by atoms with Gasteiger partial charge in [0.1, 0.15) is 0 Å². The van der Waals surface area contributed by atoms with Gasteiger partial charge in [-0.2, -0.15) is 0 Å². The molecule has 1 aromatic carbocycles. The van der Waals surface area contributed by atoms with Crippen molar-refractivity contribution in [1.29, 1.82) is 0 Å². The highest BCUT2D eigenvalue weighted by Gasteiger charge is 2.17. The first-order chi connectivity index (χ1) is 9.12. The second-order valence-corrected chi connectivity index (χ2v) is 5.75. The fourth-order valence-corrected chi connectivity index (χ4v) is 2.12. The van der Waals surface area contributed by atoms with E-state index in [1.54, 1.807) is 0 Å². The number of aliphatic hydroxyl groups excluding tert-OH is 1. The summed E-state index contributed by atoms with van der Waals surface area (Å²) in [6.07, 6.45) is 2.07. The molecule has 1 aromatic rings. The summed E-state index contributed by atoms with van der Waals surface area (Å²) in [7, 11) is 0. The Labute approximate surface area is 114 Å². The van der Waals surface area contributed by atoms with Gasteiger partial charge in [0, 0.05) is 18.7 Å². The van der Waals surface area contributed by atoms with Crippen molar-refractivity contribution < 1.29 is 14.6 Å². The number of nitrogens with one attached hydrogen (secondary N) is 1. The Bertz CT molecular complexity index is 418. The third-order valence-electron chi connectivity index (χ3n) is 3.43. The number of aliphatic hydroxyl groups is 1. The van der Waals surface area contributed by atoms with Gasteiger partial charge in [0.2, 0.25) is 6.79 Å². The summed E-state index contributed by atoms with van der Waals surface area (Å²) in [4.78, 5) is 0. The molecule has 0 aliphatic carbocycles. The van der Waals surface area contributed by atoms with Crippen molar-refractivity contribution in [2.24, 2.45) is 5.41 Å². The average molecular weight is 265 g/mol. The quantitative estimate of drug-likeness (QED) is 0.743. The molecule has 0 aromatic heterocycles. The van der Waals surface area contributed by atoms with E-state index < -0.39 is 0 Å². The molecular formula is C15H23NO3. The van der Waals surface area contributed by atoms with Gasteiger partial charge >= 0.3 is 0 Å². The number of hydrogen-bond donors (Lipinski definition) is 2. The minimum Gasteiger partial charge on any atom is -0.454 e. The van der Waals surface area contributed by atoms with Crippen molar-refractivity contribution in [2.45, 2.75) is 33.2 Å². The number of benzene rings is 1. The molecule has 0 spiro atoms. The van der Waals surface area contributed by atoms with Gasteiger partial charge in [-0.25, -0.2) is 0 Å². The third-order valence-corrected chi connectivity index (χ3v) is 3.43. The van der Waals surface area contributed by atoms with Crippen LogP contribution < -0.4 is 14.8 Å². The molecule has 0 unspecified atom stereocenters. The highest BCUT2D eigenvalue weighted by atomic mass is 16.7. The summed E-state index contributed by atoms with van der Waals surface area (Å²) in [5.74, 6) is 1.70. The zero-order chi connectivity index (χ0) is 13.7. The summed E-state index contributed by atoms with van der Waals surface area (Å²) in [5.41, 5.74) is 1.16. The summed E-state index contributed by atoms with van der Waals surface area (Å²) < 4.78 is 10.8. The number of para-hydroxylation sites is 1. The zero-order valence-corrected chi connectivity index (χ0v) is 11.7. The van der Waals surface area contributed by atoms with Crippen LogP contribution in [0.15, 0.2) is 18.2 Å². The normalized spacial score (nSPS) is 13.8. The van der Waals surface area contributed by atoms with Crippen LogP contribution in [-0.2, 0) is 6.54 Å². The van der Waals surface area contributed by atoms with E-state index in [-0.39, 0.29) is 12.0 Å². The molecule has 4 heteroatoms. The van der Waals surface area contributed by atoms with Gasteiger partial charge < -0.3 is 19.9 Å². The van der Waals surface area contributed by atoms with Gasteiger partial charge in [-0.15, -0.1) is 0 Å². The van der Waals surface area contributed by atoms with E-state index in [2.05, 4.69) is 25.2 Å². The Morgan fingerprint density at radius 2 is 2.16 bits per heavy atom. The monoisotopic (exact) mass is 265 g/mol. The van der Waals surface area contributed by atoms with Gasteiger partial charge in [0.05, 0.1) is 0 Å². The van der Waals surface area contributed by atoms with Crippen molar-refractivity contribution in [3.8, 4) is 11.5 Å². The molecule has 0 amide bonds. The van der Waals surface area contributed by atoms with E-state index in [4.69, 9.17) is 9.47 Å². The Morgan fingerprint density at radius 1 is 1.32 bits per heavy atom. The standard InChI is InChI=1S/C15H23NO3/c1-15(2,10-17)7-4-8-16-9-12-5-3-6-13-14(12)19-11-18-13/h3,5-6,16-17H,4,7-11H2,1-2H3. The molecule has 19 heavy (non-hydrogen) atoms. The molecule has 2 rings (SSSR count). The van der Waals surface area contributed by atoms with E-state index in [1.165, 1.54) is 0 Å². The molecule has 2 N–H and O–H groups in total. The first-order valence-electron chi connectivity index (χ1n) is 6.81. The van der Waals surface area contributed by atoms with Crippen molar-refractivity contribution >= 4 is 0 Å². The zero-order valence-electron chi connectivity index (χ0n) is 11.7. The van der Waals surface area contributed by atoms with Crippen LogP contribution in [0.2, 0.25) is 0 Å². The second-order valence-electron chi connectivity index (χ2n) is 5.75. The van der Waals surface area contributed by atoms with Crippen LogP contribution in [0.5, 0.6) is 11.5 Å². The fourth-order valence-electron chi connectivity index (χ4n) is 2.12. The number of ether oxygens (including phenoxy) is 2. The number of fused-ring (bicyclic) bond motifs is 1. The molecule has 106 valence electrons. The summed E-state index contributed by atoms with van der Waals surface area (Å²) in [5, 5.41) is 12.6. The van der Waals surface area contributed by atoms with E-state index in [9.17, 15) is 5.11 Å². The van der Waals surface area contributed by atoms with Crippen LogP contribution in [-0.4, -0.2) is 25.1 Å². The van der Waals surface area contributed by atoms with Gasteiger partial charge in [-0.1, -0.05) is 26.0 Å². The molecule has 0 atom stereocenters. The number of hydrogen-bond acceptors (Lipinski definition) is 4. The maximum atomic E-state index is 9.18. The SMILES string of the molecule is CC(C)(CO)CCCNCc1cccc2c1OCO2. The molecule has 1 aliphatic heterocycles. The van der Waals surface area contributed by atoms with E-state index in [1.807, 2.05) is 12.1 Å². The van der Waals surface area contributed by atoms with Crippen LogP contribution in [0.4, 0.5) is 0 Å². The van der Waals surface area contributed by atoms with Crippen LogP contribution in [0, 0.1) is 5.41 Å². The molecular weight excluding hydrogens is 242 g/mol. The molecule has 0 saturated carbocycles. The van der Waals surface area contributed by atoms with Gasteiger partial charge in [0.15, 0.2) is 11.5 Å². The Morgan fingerprint density at radius 3 is 2.95 bits per heavy atom.